The summed E-state index contributed by atoms with van der Waals surface area (Å²) < 4.78 is 13.4. The van der Waals surface area contributed by atoms with Crippen LogP contribution in [0.4, 0.5) is 10.1 Å². The van der Waals surface area contributed by atoms with Gasteiger partial charge in [0.25, 0.3) is 0 Å². The van der Waals surface area contributed by atoms with Crippen LogP contribution in [0.5, 0.6) is 0 Å². The third kappa shape index (κ3) is 3.96. The third-order valence-corrected chi connectivity index (χ3v) is 3.62. The van der Waals surface area contributed by atoms with E-state index in [0.717, 1.165) is 11.3 Å². The maximum Gasteiger partial charge on any atom is 0.304 e. The molecule has 0 radical (unpaired) electrons. The van der Waals surface area contributed by atoms with Crippen molar-refractivity contribution in [2.45, 2.75) is 19.5 Å². The number of nitro benzene ring substituents is 1. The number of hydrogen-bond donors (Lipinski definition) is 0. The van der Waals surface area contributed by atoms with Crippen molar-refractivity contribution in [3.8, 4) is 0 Å². The molecule has 6 heteroatoms. The number of hydrogen-bond acceptors (Lipinski definition) is 4. The first-order chi connectivity index (χ1) is 8.45. The van der Waals surface area contributed by atoms with Crippen molar-refractivity contribution >= 4 is 17.4 Å². The molecule has 0 bridgehead atoms. The van der Waals surface area contributed by atoms with E-state index < -0.39 is 16.4 Å². The number of benzene rings is 1. The number of nitrogens with zero attached hydrogens (tertiary/aromatic N) is 2. The maximum absolute atomic E-state index is 13.4. The molecule has 0 fully saturated rings. The zero-order valence-corrected chi connectivity index (χ0v) is 11.5. The van der Waals surface area contributed by atoms with Gasteiger partial charge in [-0.05, 0) is 31.9 Å². The molecule has 1 unspecified atom stereocenters. The Morgan fingerprint density at radius 2 is 2.22 bits per heavy atom. The summed E-state index contributed by atoms with van der Waals surface area (Å²) in [7, 11) is 1.96. The van der Waals surface area contributed by atoms with Crippen molar-refractivity contribution in [3.05, 3.63) is 39.7 Å². The molecule has 0 aromatic heterocycles. The lowest BCUT2D eigenvalue weighted by Crippen LogP contribution is -2.30. The lowest BCUT2D eigenvalue weighted by atomic mass is 10.1. The summed E-state index contributed by atoms with van der Waals surface area (Å²) in [5.41, 5.74) is 0.270. The predicted molar refractivity (Wildman–Crippen MR) is 72.4 cm³/mol. The second-order valence-electron chi connectivity index (χ2n) is 4.26. The second-order valence-corrected chi connectivity index (χ2v) is 5.17. The molecule has 100 valence electrons. The summed E-state index contributed by atoms with van der Waals surface area (Å²) in [6.45, 7) is 2.68. The van der Waals surface area contributed by atoms with Crippen molar-refractivity contribution in [3.63, 3.8) is 0 Å². The van der Waals surface area contributed by atoms with Crippen LogP contribution in [-0.4, -0.2) is 34.9 Å². The van der Waals surface area contributed by atoms with Crippen LogP contribution in [0, 0.1) is 15.9 Å². The summed E-state index contributed by atoms with van der Waals surface area (Å²) in [6.07, 6.45) is 2.04. The molecule has 1 aromatic rings. The average Bonchev–Trinajstić information content (AvgIpc) is 2.28. The Morgan fingerprint density at radius 1 is 1.56 bits per heavy atom. The normalized spacial score (nSPS) is 12.7. The van der Waals surface area contributed by atoms with E-state index in [9.17, 15) is 14.5 Å². The number of thioether (sulfide) groups is 1. The number of nitro groups is 1. The molecule has 0 aliphatic rings. The highest BCUT2D eigenvalue weighted by Gasteiger charge is 2.15. The van der Waals surface area contributed by atoms with Crippen LogP contribution >= 0.6 is 11.8 Å². The molecule has 0 saturated heterocycles. The van der Waals surface area contributed by atoms with Gasteiger partial charge in [-0.3, -0.25) is 15.0 Å². The summed E-state index contributed by atoms with van der Waals surface area (Å²) in [4.78, 5) is 11.9. The first-order valence-corrected chi connectivity index (χ1v) is 6.97. The van der Waals surface area contributed by atoms with Crippen LogP contribution in [0.25, 0.3) is 0 Å². The lowest BCUT2D eigenvalue weighted by molar-refractivity contribution is -0.387. The average molecular weight is 272 g/mol. The standard InChI is InChI=1S/C12H17FN2O2S/c1-9(8-18-3)14(2)7-10-4-5-12(15(16)17)11(13)6-10/h4-6,9H,7-8H2,1-3H3. The Kier molecular flexibility index (Phi) is 5.55. The van der Waals surface area contributed by atoms with E-state index >= 15 is 0 Å². The van der Waals surface area contributed by atoms with E-state index in [-0.39, 0.29) is 0 Å². The fourth-order valence-electron chi connectivity index (χ4n) is 1.61. The highest BCUT2D eigenvalue weighted by Crippen LogP contribution is 2.19. The molecule has 18 heavy (non-hydrogen) atoms. The van der Waals surface area contributed by atoms with Crippen LogP contribution in [0.2, 0.25) is 0 Å². The van der Waals surface area contributed by atoms with Crippen molar-refractivity contribution in [1.82, 2.24) is 4.90 Å². The van der Waals surface area contributed by atoms with Gasteiger partial charge in [-0.15, -0.1) is 0 Å². The molecule has 0 heterocycles. The maximum atomic E-state index is 13.4. The van der Waals surface area contributed by atoms with Crippen LogP contribution in [0.1, 0.15) is 12.5 Å². The largest absolute Gasteiger partial charge is 0.304 e. The number of halogens is 1. The Labute approximate surface area is 110 Å². The molecule has 1 atom stereocenters. The van der Waals surface area contributed by atoms with Gasteiger partial charge in [0, 0.05) is 24.4 Å². The van der Waals surface area contributed by atoms with Gasteiger partial charge in [0.15, 0.2) is 0 Å². The van der Waals surface area contributed by atoms with E-state index in [1.54, 1.807) is 17.8 Å². The van der Waals surface area contributed by atoms with Crippen molar-refractivity contribution in [2.75, 3.05) is 19.1 Å². The first kappa shape index (κ1) is 14.9. The van der Waals surface area contributed by atoms with Gasteiger partial charge in [-0.1, -0.05) is 6.07 Å². The van der Waals surface area contributed by atoms with E-state index in [2.05, 4.69) is 11.8 Å². The molecule has 1 aromatic carbocycles. The topological polar surface area (TPSA) is 46.4 Å². The fourth-order valence-corrected chi connectivity index (χ4v) is 2.35. The van der Waals surface area contributed by atoms with Gasteiger partial charge in [-0.2, -0.15) is 16.2 Å². The Morgan fingerprint density at radius 3 is 2.72 bits per heavy atom. The van der Waals surface area contributed by atoms with E-state index in [4.69, 9.17) is 0 Å². The highest BCUT2D eigenvalue weighted by atomic mass is 32.2. The molecular formula is C12H17FN2O2S. The third-order valence-electron chi connectivity index (χ3n) is 2.80. The van der Waals surface area contributed by atoms with Gasteiger partial charge in [0.05, 0.1) is 4.92 Å². The van der Waals surface area contributed by atoms with Crippen molar-refractivity contribution in [2.24, 2.45) is 0 Å². The zero-order valence-electron chi connectivity index (χ0n) is 10.7. The molecule has 4 nitrogen and oxygen atoms in total. The molecule has 0 spiro atoms. The van der Waals surface area contributed by atoms with Crippen LogP contribution < -0.4 is 0 Å². The smallest absolute Gasteiger partial charge is 0.299 e. The molecule has 0 saturated carbocycles. The van der Waals surface area contributed by atoms with Gasteiger partial charge in [-0.25, -0.2) is 0 Å². The fraction of sp³-hybridized carbons (Fsp3) is 0.500. The SMILES string of the molecule is CSCC(C)N(C)Cc1ccc([N+](=O)[O-])c(F)c1. The van der Waals surface area contributed by atoms with E-state index in [1.807, 2.05) is 13.3 Å². The predicted octanol–water partition coefficient (Wildman–Crippen LogP) is 2.92. The Hall–Kier alpha value is -1.14. The van der Waals surface area contributed by atoms with Crippen molar-refractivity contribution < 1.29 is 9.31 Å². The van der Waals surface area contributed by atoms with Gasteiger partial charge >= 0.3 is 5.69 Å². The van der Waals surface area contributed by atoms with Crippen LogP contribution in [-0.2, 0) is 6.54 Å². The monoisotopic (exact) mass is 272 g/mol. The molecule has 0 amide bonds. The molecule has 1 rings (SSSR count). The minimum absolute atomic E-state index is 0.373. The summed E-state index contributed by atoms with van der Waals surface area (Å²) >= 11 is 1.75. The van der Waals surface area contributed by atoms with Crippen LogP contribution in [0.3, 0.4) is 0 Å². The van der Waals surface area contributed by atoms with Gasteiger partial charge in [0.1, 0.15) is 0 Å². The van der Waals surface area contributed by atoms with Crippen molar-refractivity contribution in [1.29, 1.82) is 0 Å². The molecule has 0 N–H and O–H groups in total. The van der Waals surface area contributed by atoms with Crippen LogP contribution in [0.15, 0.2) is 18.2 Å². The quantitative estimate of drug-likeness (QED) is 0.590. The highest BCUT2D eigenvalue weighted by molar-refractivity contribution is 7.98. The summed E-state index contributed by atoms with van der Waals surface area (Å²) in [6, 6.07) is 4.43. The molecule has 0 aliphatic heterocycles. The minimum atomic E-state index is -0.775. The first-order valence-electron chi connectivity index (χ1n) is 5.57. The Balaban J connectivity index is 2.74. The minimum Gasteiger partial charge on any atom is -0.299 e. The second kappa shape index (κ2) is 6.70. The van der Waals surface area contributed by atoms with E-state index in [1.165, 1.54) is 12.1 Å². The van der Waals surface area contributed by atoms with Gasteiger partial charge < -0.3 is 0 Å². The molecule has 0 aliphatic carbocycles. The lowest BCUT2D eigenvalue weighted by Gasteiger charge is -2.23. The molecular weight excluding hydrogens is 255 g/mol. The number of rotatable bonds is 6. The van der Waals surface area contributed by atoms with Gasteiger partial charge in [0.2, 0.25) is 5.82 Å². The van der Waals surface area contributed by atoms with E-state index in [0.29, 0.717) is 12.6 Å². The zero-order chi connectivity index (χ0) is 13.7. The summed E-state index contributed by atoms with van der Waals surface area (Å²) in [5, 5.41) is 10.5. The summed E-state index contributed by atoms with van der Waals surface area (Å²) in [5.74, 6) is 0.217. The Bertz CT molecular complexity index is 429.